The number of methoxy groups -OCH3 is 1. The number of amides is 1. The third kappa shape index (κ3) is 7.68. The average molecular weight is 533 g/mol. The van der Waals surface area contributed by atoms with Crippen LogP contribution in [0.25, 0.3) is 0 Å². The van der Waals surface area contributed by atoms with Crippen molar-refractivity contribution in [1.29, 1.82) is 0 Å². The summed E-state index contributed by atoms with van der Waals surface area (Å²) in [6.45, 7) is 4.48. The van der Waals surface area contributed by atoms with Crippen LogP contribution in [-0.4, -0.2) is 58.9 Å². The lowest BCUT2D eigenvalue weighted by atomic mass is 9.95. The summed E-state index contributed by atoms with van der Waals surface area (Å²) in [5.74, 6) is 2.60. The number of hydrogen-bond donors (Lipinski definition) is 3. The molecule has 3 rings (SSSR count). The van der Waals surface area contributed by atoms with Gasteiger partial charge in [0, 0.05) is 38.6 Å². The van der Waals surface area contributed by atoms with Crippen LogP contribution < -0.4 is 16.0 Å². The van der Waals surface area contributed by atoms with Gasteiger partial charge in [-0.25, -0.2) is 9.67 Å². The fourth-order valence-corrected chi connectivity index (χ4v) is 4.00. The minimum Gasteiger partial charge on any atom is -0.377 e. The molecule has 0 bridgehead atoms. The van der Waals surface area contributed by atoms with Gasteiger partial charge >= 0.3 is 0 Å². The van der Waals surface area contributed by atoms with Crippen LogP contribution in [0.1, 0.15) is 63.5 Å². The van der Waals surface area contributed by atoms with Gasteiger partial charge in [-0.05, 0) is 26.2 Å². The van der Waals surface area contributed by atoms with E-state index in [0.29, 0.717) is 25.6 Å². The number of carbonyl (C=O) groups excluding carboxylic acids is 1. The van der Waals surface area contributed by atoms with Gasteiger partial charge in [-0.15, -0.1) is 24.0 Å². The summed E-state index contributed by atoms with van der Waals surface area (Å²) in [5, 5.41) is 14.4. The maximum atomic E-state index is 12.2. The highest BCUT2D eigenvalue weighted by Crippen LogP contribution is 2.17. The van der Waals surface area contributed by atoms with Crippen molar-refractivity contribution in [2.45, 2.75) is 83.5 Å². The molecule has 9 nitrogen and oxygen atoms in total. The highest BCUT2D eigenvalue weighted by molar-refractivity contribution is 14.0. The zero-order valence-corrected chi connectivity index (χ0v) is 20.5. The maximum Gasteiger partial charge on any atom is 0.222 e. The van der Waals surface area contributed by atoms with E-state index in [0.717, 1.165) is 56.4 Å². The number of nitrogens with one attached hydrogen (secondary N) is 3. The fourth-order valence-electron chi connectivity index (χ4n) is 4.00. The Morgan fingerprint density at radius 1 is 1.20 bits per heavy atom. The number of rotatable bonds is 8. The summed E-state index contributed by atoms with van der Waals surface area (Å²) >= 11 is 0. The maximum absolute atomic E-state index is 12.2. The van der Waals surface area contributed by atoms with E-state index in [1.165, 1.54) is 19.3 Å². The number of halogens is 1. The van der Waals surface area contributed by atoms with Crippen molar-refractivity contribution in [3.63, 3.8) is 0 Å². The summed E-state index contributed by atoms with van der Waals surface area (Å²) in [7, 11) is 1.65. The summed E-state index contributed by atoms with van der Waals surface area (Å²) in [6, 6.07) is 0.585. The van der Waals surface area contributed by atoms with Crippen LogP contribution in [0.5, 0.6) is 0 Å². The van der Waals surface area contributed by atoms with Crippen molar-refractivity contribution in [2.24, 2.45) is 4.99 Å². The second-order valence-corrected chi connectivity index (χ2v) is 7.85. The molecule has 2 aliphatic rings. The van der Waals surface area contributed by atoms with Gasteiger partial charge in [-0.1, -0.05) is 19.3 Å². The number of carbonyl (C=O) groups is 1. The van der Waals surface area contributed by atoms with E-state index in [2.05, 4.69) is 31.0 Å². The predicted octanol–water partition coefficient (Wildman–Crippen LogP) is 1.75. The molecule has 1 aromatic rings. The Morgan fingerprint density at radius 3 is 2.73 bits per heavy atom. The number of aryl methyl sites for hydroxylation is 1. The first-order chi connectivity index (χ1) is 14.2. The van der Waals surface area contributed by atoms with Gasteiger partial charge in [-0.2, -0.15) is 5.10 Å². The smallest absolute Gasteiger partial charge is 0.222 e. The standard InChI is InChI=1S/C20H35N7O2.HI/c1-3-21-20(22-12-11-19(28)23-15-7-5-4-6-8-15)24-16-9-10-18-25-17(14-29-2)26-27(18)13-16;/h15-16H,3-14H2,1-2H3,(H,23,28)(H2,21,22,24);1H. The molecule has 30 heavy (non-hydrogen) atoms. The molecular formula is C20H36IN7O2. The SMILES string of the molecule is CCNC(=NCCC(=O)NC1CCCCC1)NC1CCc2nc(COC)nn2C1.I. The largest absolute Gasteiger partial charge is 0.377 e. The lowest BCUT2D eigenvalue weighted by molar-refractivity contribution is -0.121. The number of ether oxygens (including phenoxy) is 1. The van der Waals surface area contributed by atoms with Crippen LogP contribution in [0, 0.1) is 0 Å². The molecule has 10 heteroatoms. The number of nitrogens with zero attached hydrogens (tertiary/aromatic N) is 4. The van der Waals surface area contributed by atoms with Gasteiger partial charge in [0.25, 0.3) is 0 Å². The van der Waals surface area contributed by atoms with Gasteiger partial charge in [-0.3, -0.25) is 9.79 Å². The number of fused-ring (bicyclic) bond motifs is 1. The Hall–Kier alpha value is -1.43. The Labute approximate surface area is 196 Å². The molecule has 0 saturated heterocycles. The molecule has 1 fully saturated rings. The first-order valence-electron chi connectivity index (χ1n) is 10.9. The molecule has 0 radical (unpaired) electrons. The molecule has 1 aliphatic carbocycles. The number of aliphatic imine (C=N–C) groups is 1. The Balaban J connectivity index is 0.00000320. The van der Waals surface area contributed by atoms with Crippen molar-refractivity contribution in [3.8, 4) is 0 Å². The van der Waals surface area contributed by atoms with Crippen molar-refractivity contribution in [3.05, 3.63) is 11.6 Å². The summed E-state index contributed by atoms with van der Waals surface area (Å²) < 4.78 is 7.08. The molecule has 1 atom stereocenters. The molecule has 0 spiro atoms. The van der Waals surface area contributed by atoms with Gasteiger partial charge in [0.15, 0.2) is 11.8 Å². The van der Waals surface area contributed by atoms with E-state index < -0.39 is 0 Å². The third-order valence-corrected chi connectivity index (χ3v) is 5.44. The molecule has 170 valence electrons. The van der Waals surface area contributed by atoms with E-state index in [9.17, 15) is 4.79 Å². The van der Waals surface area contributed by atoms with E-state index >= 15 is 0 Å². The number of hydrogen-bond acceptors (Lipinski definition) is 5. The lowest BCUT2D eigenvalue weighted by Gasteiger charge is -2.25. The molecular weight excluding hydrogens is 497 g/mol. The third-order valence-electron chi connectivity index (χ3n) is 5.44. The molecule has 0 aromatic carbocycles. The van der Waals surface area contributed by atoms with E-state index in [1.54, 1.807) is 7.11 Å². The van der Waals surface area contributed by atoms with Crippen LogP contribution in [-0.2, 0) is 29.1 Å². The Kier molecular flexibility index (Phi) is 10.8. The van der Waals surface area contributed by atoms with E-state index in [4.69, 9.17) is 4.74 Å². The van der Waals surface area contributed by atoms with Gasteiger partial charge in [0.1, 0.15) is 12.4 Å². The second kappa shape index (κ2) is 13.1. The lowest BCUT2D eigenvalue weighted by Crippen LogP contribution is -2.47. The van der Waals surface area contributed by atoms with Gasteiger partial charge in [0.2, 0.25) is 5.91 Å². The van der Waals surface area contributed by atoms with Crippen molar-refractivity contribution >= 4 is 35.8 Å². The number of guanidine groups is 1. The van der Waals surface area contributed by atoms with Gasteiger partial charge < -0.3 is 20.7 Å². The fraction of sp³-hybridized carbons (Fsp3) is 0.800. The van der Waals surface area contributed by atoms with Crippen molar-refractivity contribution < 1.29 is 9.53 Å². The molecule has 1 aromatic heterocycles. The first-order valence-corrected chi connectivity index (χ1v) is 10.9. The van der Waals surface area contributed by atoms with Gasteiger partial charge in [0.05, 0.1) is 13.1 Å². The summed E-state index contributed by atoms with van der Waals surface area (Å²) in [4.78, 5) is 21.3. The van der Waals surface area contributed by atoms with Crippen LogP contribution in [0.4, 0.5) is 0 Å². The average Bonchev–Trinajstić information content (AvgIpc) is 3.11. The zero-order chi connectivity index (χ0) is 20.5. The molecule has 3 N–H and O–H groups in total. The van der Waals surface area contributed by atoms with Crippen LogP contribution in [0.15, 0.2) is 4.99 Å². The highest BCUT2D eigenvalue weighted by atomic mass is 127. The quantitative estimate of drug-likeness (QED) is 0.267. The first kappa shape index (κ1) is 24.8. The minimum atomic E-state index is 0. The zero-order valence-electron chi connectivity index (χ0n) is 18.2. The minimum absolute atomic E-state index is 0. The Morgan fingerprint density at radius 2 is 2.00 bits per heavy atom. The van der Waals surface area contributed by atoms with Crippen LogP contribution in [0.3, 0.4) is 0 Å². The summed E-state index contributed by atoms with van der Waals surface area (Å²) in [6.07, 6.45) is 8.22. The van der Waals surface area contributed by atoms with E-state index in [-0.39, 0.29) is 35.9 Å². The molecule has 1 saturated carbocycles. The van der Waals surface area contributed by atoms with Crippen LogP contribution in [0.2, 0.25) is 0 Å². The monoisotopic (exact) mass is 533 g/mol. The van der Waals surface area contributed by atoms with Crippen LogP contribution >= 0.6 is 24.0 Å². The molecule has 1 amide bonds. The highest BCUT2D eigenvalue weighted by Gasteiger charge is 2.22. The molecule has 2 heterocycles. The summed E-state index contributed by atoms with van der Waals surface area (Å²) in [5.41, 5.74) is 0. The number of aromatic nitrogens is 3. The normalized spacial score (nSPS) is 19.5. The molecule has 1 unspecified atom stereocenters. The Bertz CT molecular complexity index is 689. The van der Waals surface area contributed by atoms with Crippen molar-refractivity contribution in [1.82, 2.24) is 30.7 Å². The van der Waals surface area contributed by atoms with E-state index in [1.807, 2.05) is 11.6 Å². The predicted molar refractivity (Wildman–Crippen MR) is 127 cm³/mol. The molecule has 1 aliphatic heterocycles. The second-order valence-electron chi connectivity index (χ2n) is 7.85. The topological polar surface area (TPSA) is 105 Å². The van der Waals surface area contributed by atoms with Crippen molar-refractivity contribution in [2.75, 3.05) is 20.2 Å².